The van der Waals surface area contributed by atoms with E-state index in [2.05, 4.69) is 10.2 Å². The molecule has 0 aromatic carbocycles. The predicted molar refractivity (Wildman–Crippen MR) is 58.7 cm³/mol. The highest BCUT2D eigenvalue weighted by Gasteiger charge is 2.24. The van der Waals surface area contributed by atoms with Crippen LogP contribution < -0.4 is 4.90 Å². The van der Waals surface area contributed by atoms with Gasteiger partial charge in [0, 0.05) is 20.2 Å². The minimum Gasteiger partial charge on any atom is -0.382 e. The van der Waals surface area contributed by atoms with Gasteiger partial charge < -0.3 is 14.4 Å². The maximum absolute atomic E-state index is 12.4. The number of rotatable bonds is 4. The van der Waals surface area contributed by atoms with Gasteiger partial charge in [-0.05, 0) is 0 Å². The number of nitrogens with zero attached hydrogens (tertiary/aromatic N) is 3. The molecule has 8 heteroatoms. The second-order valence-corrected chi connectivity index (χ2v) is 4.61. The van der Waals surface area contributed by atoms with Crippen LogP contribution in [0.5, 0.6) is 0 Å². The van der Waals surface area contributed by atoms with E-state index < -0.39 is 6.43 Å². The van der Waals surface area contributed by atoms with Crippen molar-refractivity contribution >= 4 is 16.5 Å². The molecule has 5 nitrogen and oxygen atoms in total. The molecule has 0 radical (unpaired) electrons. The van der Waals surface area contributed by atoms with Gasteiger partial charge in [-0.25, -0.2) is 8.78 Å². The minimum atomic E-state index is -2.56. The molecule has 1 atom stereocenters. The van der Waals surface area contributed by atoms with Crippen molar-refractivity contribution in [3.63, 3.8) is 0 Å². The number of methoxy groups -OCH3 is 1. The molecule has 1 unspecified atom stereocenters. The third kappa shape index (κ3) is 3.08. The highest BCUT2D eigenvalue weighted by molar-refractivity contribution is 7.15. The van der Waals surface area contributed by atoms with E-state index >= 15 is 0 Å². The van der Waals surface area contributed by atoms with Gasteiger partial charge in [0.05, 0.1) is 19.3 Å². The Hall–Kier alpha value is -0.860. The van der Waals surface area contributed by atoms with Crippen LogP contribution in [-0.4, -0.2) is 49.7 Å². The number of anilines is 1. The fraction of sp³-hybridized carbons (Fsp3) is 0.778. The summed E-state index contributed by atoms with van der Waals surface area (Å²) in [6, 6.07) is 0. The second kappa shape index (κ2) is 5.65. The quantitative estimate of drug-likeness (QED) is 0.822. The van der Waals surface area contributed by atoms with Crippen LogP contribution in [0, 0.1) is 0 Å². The van der Waals surface area contributed by atoms with Crippen molar-refractivity contribution in [2.45, 2.75) is 12.5 Å². The number of alkyl halides is 2. The molecular formula is C9H13F2N3O2S. The van der Waals surface area contributed by atoms with Crippen molar-refractivity contribution in [3.8, 4) is 0 Å². The average Bonchev–Trinajstić information content (AvgIpc) is 2.79. The Morgan fingerprint density at radius 3 is 3.06 bits per heavy atom. The predicted octanol–water partition coefficient (Wildman–Crippen LogP) is 1.33. The zero-order chi connectivity index (χ0) is 12.3. The lowest BCUT2D eigenvalue weighted by Crippen LogP contribution is -2.44. The van der Waals surface area contributed by atoms with Gasteiger partial charge in [0.1, 0.15) is 0 Å². The molecule has 0 aliphatic carbocycles. The van der Waals surface area contributed by atoms with Crippen LogP contribution in [0.3, 0.4) is 0 Å². The monoisotopic (exact) mass is 265 g/mol. The largest absolute Gasteiger partial charge is 0.382 e. The van der Waals surface area contributed by atoms with Crippen LogP contribution in [0.4, 0.5) is 13.9 Å². The Labute approximate surface area is 101 Å². The maximum Gasteiger partial charge on any atom is 0.291 e. The first-order chi connectivity index (χ1) is 8.20. The van der Waals surface area contributed by atoms with Crippen molar-refractivity contribution in [2.75, 3.05) is 38.3 Å². The SMILES string of the molecule is COCC1CN(c2nnc(C(F)F)s2)CCO1. The molecule has 1 aliphatic heterocycles. The molecule has 2 heterocycles. The first-order valence-electron chi connectivity index (χ1n) is 5.17. The molecule has 96 valence electrons. The molecule has 2 rings (SSSR count). The summed E-state index contributed by atoms with van der Waals surface area (Å²) in [6.07, 6.45) is -2.61. The molecule has 1 fully saturated rings. The van der Waals surface area contributed by atoms with Crippen molar-refractivity contribution in [2.24, 2.45) is 0 Å². The van der Waals surface area contributed by atoms with E-state index in [1.54, 1.807) is 7.11 Å². The molecule has 0 N–H and O–H groups in total. The van der Waals surface area contributed by atoms with Gasteiger partial charge in [-0.15, -0.1) is 10.2 Å². The zero-order valence-electron chi connectivity index (χ0n) is 9.31. The number of morpholine rings is 1. The lowest BCUT2D eigenvalue weighted by molar-refractivity contribution is -0.0100. The van der Waals surface area contributed by atoms with E-state index in [0.717, 1.165) is 11.3 Å². The minimum absolute atomic E-state index is 0.0485. The van der Waals surface area contributed by atoms with Gasteiger partial charge in [0.15, 0.2) is 5.01 Å². The Balaban J connectivity index is 2.00. The second-order valence-electron chi connectivity index (χ2n) is 3.62. The molecule has 1 aliphatic rings. The Kier molecular flexibility index (Phi) is 4.19. The van der Waals surface area contributed by atoms with E-state index in [0.29, 0.717) is 31.4 Å². The topological polar surface area (TPSA) is 47.5 Å². The zero-order valence-corrected chi connectivity index (χ0v) is 10.1. The Morgan fingerprint density at radius 2 is 2.41 bits per heavy atom. The fourth-order valence-electron chi connectivity index (χ4n) is 1.62. The standard InChI is InChI=1S/C9H13F2N3O2S/c1-15-5-6-4-14(2-3-16-6)9-13-12-8(17-9)7(10)11/h6-7H,2-5H2,1H3. The number of aromatic nitrogens is 2. The molecule has 17 heavy (non-hydrogen) atoms. The van der Waals surface area contributed by atoms with Gasteiger partial charge >= 0.3 is 0 Å². The first kappa shape index (κ1) is 12.6. The summed E-state index contributed by atoms with van der Waals surface area (Å²) >= 11 is 0.925. The third-order valence-electron chi connectivity index (χ3n) is 2.38. The van der Waals surface area contributed by atoms with Crippen LogP contribution in [0.25, 0.3) is 0 Å². The number of ether oxygens (including phenoxy) is 2. The summed E-state index contributed by atoms with van der Waals surface area (Å²) in [5.74, 6) is 0. The van der Waals surface area contributed by atoms with E-state index in [1.165, 1.54) is 0 Å². The van der Waals surface area contributed by atoms with Crippen LogP contribution in [0.15, 0.2) is 0 Å². The summed E-state index contributed by atoms with van der Waals surface area (Å²) in [7, 11) is 1.60. The number of halogens is 2. The van der Waals surface area contributed by atoms with Crippen molar-refractivity contribution < 1.29 is 18.3 Å². The van der Waals surface area contributed by atoms with Crippen LogP contribution in [0.1, 0.15) is 11.4 Å². The highest BCUT2D eigenvalue weighted by Crippen LogP contribution is 2.28. The Morgan fingerprint density at radius 1 is 1.59 bits per heavy atom. The van der Waals surface area contributed by atoms with Gasteiger partial charge in [0.25, 0.3) is 6.43 Å². The molecule has 0 spiro atoms. The summed E-state index contributed by atoms with van der Waals surface area (Å²) in [5.41, 5.74) is 0. The summed E-state index contributed by atoms with van der Waals surface area (Å²) in [6.45, 7) is 2.25. The highest BCUT2D eigenvalue weighted by atomic mass is 32.1. The third-order valence-corrected chi connectivity index (χ3v) is 3.37. The molecular weight excluding hydrogens is 252 g/mol. The van der Waals surface area contributed by atoms with E-state index in [-0.39, 0.29) is 11.1 Å². The average molecular weight is 265 g/mol. The van der Waals surface area contributed by atoms with E-state index in [1.807, 2.05) is 4.90 Å². The fourth-order valence-corrected chi connectivity index (χ4v) is 2.36. The maximum atomic E-state index is 12.4. The molecule has 0 saturated carbocycles. The molecule has 1 saturated heterocycles. The van der Waals surface area contributed by atoms with E-state index in [4.69, 9.17) is 9.47 Å². The molecule has 1 aromatic heterocycles. The summed E-state index contributed by atoms with van der Waals surface area (Å²) < 4.78 is 35.3. The van der Waals surface area contributed by atoms with Gasteiger partial charge in [0.2, 0.25) is 5.13 Å². The van der Waals surface area contributed by atoms with Gasteiger partial charge in [-0.2, -0.15) is 0 Å². The van der Waals surface area contributed by atoms with Crippen molar-refractivity contribution in [1.82, 2.24) is 10.2 Å². The van der Waals surface area contributed by atoms with Crippen molar-refractivity contribution in [1.29, 1.82) is 0 Å². The van der Waals surface area contributed by atoms with Crippen LogP contribution in [-0.2, 0) is 9.47 Å². The summed E-state index contributed by atoms with van der Waals surface area (Å²) in [4.78, 5) is 1.90. The molecule has 0 amide bonds. The number of hydrogen-bond acceptors (Lipinski definition) is 6. The van der Waals surface area contributed by atoms with Gasteiger partial charge in [-0.1, -0.05) is 11.3 Å². The molecule has 1 aromatic rings. The normalized spacial score (nSPS) is 21.2. The van der Waals surface area contributed by atoms with Crippen molar-refractivity contribution in [3.05, 3.63) is 5.01 Å². The van der Waals surface area contributed by atoms with Crippen LogP contribution in [0.2, 0.25) is 0 Å². The van der Waals surface area contributed by atoms with E-state index in [9.17, 15) is 8.78 Å². The number of hydrogen-bond donors (Lipinski definition) is 0. The molecule has 0 bridgehead atoms. The van der Waals surface area contributed by atoms with Gasteiger partial charge in [-0.3, -0.25) is 0 Å². The first-order valence-corrected chi connectivity index (χ1v) is 5.99. The lowest BCUT2D eigenvalue weighted by atomic mass is 10.3. The lowest BCUT2D eigenvalue weighted by Gasteiger charge is -2.31. The Bertz CT molecular complexity index is 362. The smallest absolute Gasteiger partial charge is 0.291 e. The summed E-state index contributed by atoms with van der Waals surface area (Å²) in [5, 5.41) is 7.52. The van der Waals surface area contributed by atoms with Crippen LogP contribution >= 0.6 is 11.3 Å².